The van der Waals surface area contributed by atoms with E-state index in [9.17, 15) is 10.1 Å². The third-order valence-electron chi connectivity index (χ3n) is 2.64. The Kier molecular flexibility index (Phi) is 3.52. The van der Waals surface area contributed by atoms with E-state index < -0.39 is 0 Å². The third kappa shape index (κ3) is 2.62. The first-order valence-corrected chi connectivity index (χ1v) is 5.50. The monoisotopic (exact) mass is 247 g/mol. The van der Waals surface area contributed by atoms with E-state index in [1.54, 1.807) is 13.0 Å². The molecule has 0 saturated carbocycles. The third-order valence-corrected chi connectivity index (χ3v) is 2.64. The van der Waals surface area contributed by atoms with Gasteiger partial charge in [0.15, 0.2) is 0 Å². The van der Waals surface area contributed by atoms with Crippen molar-refractivity contribution < 1.29 is 4.92 Å². The molecule has 2 rings (SSSR count). The predicted molar refractivity (Wildman–Crippen MR) is 66.4 cm³/mol. The molecule has 0 spiro atoms. The van der Waals surface area contributed by atoms with Gasteiger partial charge in [-0.25, -0.2) is 4.98 Å². The van der Waals surface area contributed by atoms with E-state index in [-0.39, 0.29) is 10.6 Å². The molecule has 94 valence electrons. The summed E-state index contributed by atoms with van der Waals surface area (Å²) in [6.07, 6.45) is 2.13. The zero-order chi connectivity index (χ0) is 13.0. The van der Waals surface area contributed by atoms with Gasteiger partial charge in [0.05, 0.1) is 4.92 Å². The van der Waals surface area contributed by atoms with Crippen molar-refractivity contribution in [3.63, 3.8) is 0 Å². The van der Waals surface area contributed by atoms with Crippen molar-refractivity contribution in [1.29, 1.82) is 0 Å². The molecule has 1 heterocycles. The van der Waals surface area contributed by atoms with Gasteiger partial charge >= 0.3 is 0 Å². The standard InChI is InChI=1S/C11H13N5O2/c1-8-9(3-2-4-10(8)16(17)18)12-6-5-11-13-7-14-15-11/h2-4,7,12H,5-6H2,1H3,(H,13,14,15). The minimum Gasteiger partial charge on any atom is -0.384 e. The Balaban J connectivity index is 2.01. The topological polar surface area (TPSA) is 96.7 Å². The van der Waals surface area contributed by atoms with Gasteiger partial charge in [-0.3, -0.25) is 15.2 Å². The van der Waals surface area contributed by atoms with Crippen molar-refractivity contribution in [2.24, 2.45) is 0 Å². The Hall–Kier alpha value is -2.44. The molecule has 0 unspecified atom stereocenters. The highest BCUT2D eigenvalue weighted by Crippen LogP contribution is 2.24. The molecule has 7 heteroatoms. The van der Waals surface area contributed by atoms with Crippen molar-refractivity contribution >= 4 is 11.4 Å². The number of nitrogens with one attached hydrogen (secondary N) is 2. The molecule has 2 N–H and O–H groups in total. The predicted octanol–water partition coefficient (Wildman–Crippen LogP) is 1.68. The summed E-state index contributed by atoms with van der Waals surface area (Å²) in [5.74, 6) is 0.783. The maximum atomic E-state index is 10.8. The van der Waals surface area contributed by atoms with E-state index >= 15 is 0 Å². The fraction of sp³-hybridized carbons (Fsp3) is 0.273. The van der Waals surface area contributed by atoms with Crippen LogP contribution in [0.4, 0.5) is 11.4 Å². The molecule has 0 saturated heterocycles. The van der Waals surface area contributed by atoms with Crippen LogP contribution in [-0.4, -0.2) is 26.6 Å². The summed E-state index contributed by atoms with van der Waals surface area (Å²) in [4.78, 5) is 14.4. The van der Waals surface area contributed by atoms with Gasteiger partial charge in [-0.1, -0.05) is 6.07 Å². The molecule has 18 heavy (non-hydrogen) atoms. The molecule has 0 radical (unpaired) electrons. The van der Waals surface area contributed by atoms with Crippen LogP contribution in [0.5, 0.6) is 0 Å². The average Bonchev–Trinajstić information content (AvgIpc) is 2.84. The molecule has 0 aliphatic carbocycles. The molecular formula is C11H13N5O2. The molecular weight excluding hydrogens is 234 g/mol. The Bertz CT molecular complexity index is 538. The van der Waals surface area contributed by atoms with Gasteiger partial charge in [-0.15, -0.1) is 0 Å². The molecule has 0 bridgehead atoms. The Morgan fingerprint density at radius 3 is 3.00 bits per heavy atom. The zero-order valence-corrected chi connectivity index (χ0v) is 9.88. The lowest BCUT2D eigenvalue weighted by atomic mass is 10.1. The van der Waals surface area contributed by atoms with E-state index in [1.165, 1.54) is 12.4 Å². The summed E-state index contributed by atoms with van der Waals surface area (Å²) in [6, 6.07) is 4.99. The number of benzene rings is 1. The molecule has 0 aliphatic heterocycles. The van der Waals surface area contributed by atoms with E-state index in [0.29, 0.717) is 18.5 Å². The number of H-pyrrole nitrogens is 1. The van der Waals surface area contributed by atoms with E-state index in [4.69, 9.17) is 0 Å². The lowest BCUT2D eigenvalue weighted by molar-refractivity contribution is -0.385. The van der Waals surface area contributed by atoms with Crippen LogP contribution in [-0.2, 0) is 6.42 Å². The van der Waals surface area contributed by atoms with Crippen molar-refractivity contribution in [3.05, 3.63) is 46.0 Å². The second-order valence-electron chi connectivity index (χ2n) is 3.82. The number of hydrogen-bond acceptors (Lipinski definition) is 5. The Morgan fingerprint density at radius 1 is 1.50 bits per heavy atom. The van der Waals surface area contributed by atoms with Crippen LogP contribution < -0.4 is 5.32 Å². The highest BCUT2D eigenvalue weighted by molar-refractivity contribution is 5.59. The van der Waals surface area contributed by atoms with Gasteiger partial charge < -0.3 is 5.32 Å². The average molecular weight is 247 g/mol. The molecule has 7 nitrogen and oxygen atoms in total. The van der Waals surface area contributed by atoms with Crippen LogP contribution in [0.15, 0.2) is 24.5 Å². The summed E-state index contributed by atoms with van der Waals surface area (Å²) in [7, 11) is 0. The second kappa shape index (κ2) is 5.26. The lowest BCUT2D eigenvalue weighted by Crippen LogP contribution is -2.07. The maximum Gasteiger partial charge on any atom is 0.274 e. The summed E-state index contributed by atoms with van der Waals surface area (Å²) in [5.41, 5.74) is 1.53. The molecule has 0 amide bonds. The van der Waals surface area contributed by atoms with Crippen LogP contribution in [0.25, 0.3) is 0 Å². The van der Waals surface area contributed by atoms with Gasteiger partial charge in [0.1, 0.15) is 12.2 Å². The molecule has 0 atom stereocenters. The van der Waals surface area contributed by atoms with E-state index in [1.807, 2.05) is 6.07 Å². The fourth-order valence-electron chi connectivity index (χ4n) is 1.68. The Labute approximate surface area is 103 Å². The number of nitro benzene ring substituents is 1. The number of anilines is 1. The zero-order valence-electron chi connectivity index (χ0n) is 9.88. The minimum atomic E-state index is -0.378. The normalized spacial score (nSPS) is 10.3. The fourth-order valence-corrected chi connectivity index (χ4v) is 1.68. The maximum absolute atomic E-state index is 10.8. The van der Waals surface area contributed by atoms with Gasteiger partial charge in [-0.05, 0) is 13.0 Å². The van der Waals surface area contributed by atoms with Crippen molar-refractivity contribution in [3.8, 4) is 0 Å². The van der Waals surface area contributed by atoms with Crippen LogP contribution in [0.1, 0.15) is 11.4 Å². The Morgan fingerprint density at radius 2 is 2.33 bits per heavy atom. The lowest BCUT2D eigenvalue weighted by Gasteiger charge is -2.08. The smallest absolute Gasteiger partial charge is 0.274 e. The number of nitrogens with zero attached hydrogens (tertiary/aromatic N) is 3. The van der Waals surface area contributed by atoms with Gasteiger partial charge in [0.25, 0.3) is 5.69 Å². The highest BCUT2D eigenvalue weighted by Gasteiger charge is 2.12. The van der Waals surface area contributed by atoms with Gasteiger partial charge in [-0.2, -0.15) is 5.10 Å². The first kappa shape index (κ1) is 12.0. The molecule has 0 fully saturated rings. The number of rotatable bonds is 5. The second-order valence-corrected chi connectivity index (χ2v) is 3.82. The minimum absolute atomic E-state index is 0.125. The summed E-state index contributed by atoms with van der Waals surface area (Å²) < 4.78 is 0. The number of aromatic amines is 1. The number of aromatic nitrogens is 3. The molecule has 0 aliphatic rings. The molecule has 1 aromatic heterocycles. The summed E-state index contributed by atoms with van der Waals surface area (Å²) in [5, 5.41) is 20.5. The van der Waals surface area contributed by atoms with E-state index in [0.717, 1.165) is 11.5 Å². The SMILES string of the molecule is Cc1c(NCCc2ncn[nH]2)cccc1[N+](=O)[O-]. The van der Waals surface area contributed by atoms with E-state index in [2.05, 4.69) is 20.5 Å². The number of hydrogen-bond donors (Lipinski definition) is 2. The molecule has 1 aromatic carbocycles. The highest BCUT2D eigenvalue weighted by atomic mass is 16.6. The van der Waals surface area contributed by atoms with Crippen LogP contribution in [0.3, 0.4) is 0 Å². The van der Waals surface area contributed by atoms with Crippen LogP contribution in [0.2, 0.25) is 0 Å². The summed E-state index contributed by atoms with van der Waals surface area (Å²) in [6.45, 7) is 2.37. The van der Waals surface area contributed by atoms with Crippen molar-refractivity contribution in [1.82, 2.24) is 15.2 Å². The number of nitro groups is 1. The van der Waals surface area contributed by atoms with Crippen LogP contribution in [0, 0.1) is 17.0 Å². The van der Waals surface area contributed by atoms with Crippen molar-refractivity contribution in [2.45, 2.75) is 13.3 Å². The quantitative estimate of drug-likeness (QED) is 0.618. The van der Waals surface area contributed by atoms with Gasteiger partial charge in [0, 0.05) is 30.3 Å². The largest absolute Gasteiger partial charge is 0.384 e. The summed E-state index contributed by atoms with van der Waals surface area (Å²) >= 11 is 0. The first-order chi connectivity index (χ1) is 8.68. The van der Waals surface area contributed by atoms with Gasteiger partial charge in [0.2, 0.25) is 0 Å². The molecule has 2 aromatic rings. The first-order valence-electron chi connectivity index (χ1n) is 5.50. The van der Waals surface area contributed by atoms with Crippen LogP contribution >= 0.6 is 0 Å². The van der Waals surface area contributed by atoms with Crippen molar-refractivity contribution in [2.75, 3.05) is 11.9 Å².